The van der Waals surface area contributed by atoms with Crippen LogP contribution in [0.2, 0.25) is 0 Å². The minimum absolute atomic E-state index is 0.0311. The van der Waals surface area contributed by atoms with Gasteiger partial charge < -0.3 is 9.84 Å². The molecule has 1 amide bonds. The van der Waals surface area contributed by atoms with Crippen molar-refractivity contribution in [3.8, 4) is 0 Å². The van der Waals surface area contributed by atoms with Crippen LogP contribution in [0.5, 0.6) is 0 Å². The smallest absolute Gasteiger partial charge is 0.280 e. The molecule has 3 atom stereocenters. The molecule has 2 aromatic rings. The first kappa shape index (κ1) is 14.3. The summed E-state index contributed by atoms with van der Waals surface area (Å²) in [4.78, 5) is 34.7. The highest BCUT2D eigenvalue weighted by molar-refractivity contribution is 5.91. The van der Waals surface area contributed by atoms with Crippen LogP contribution in [0.15, 0.2) is 11.1 Å². The predicted octanol–water partition coefficient (Wildman–Crippen LogP) is 0.382. The van der Waals surface area contributed by atoms with Gasteiger partial charge in [0.25, 0.3) is 5.56 Å². The van der Waals surface area contributed by atoms with Crippen LogP contribution >= 0.6 is 0 Å². The fraction of sp³-hybridized carbons (Fsp3) is 0.571. The topological polar surface area (TPSA) is 122 Å². The van der Waals surface area contributed by atoms with Crippen molar-refractivity contribution in [3.63, 3.8) is 0 Å². The van der Waals surface area contributed by atoms with Crippen LogP contribution in [-0.4, -0.2) is 42.7 Å². The van der Waals surface area contributed by atoms with E-state index in [0.717, 1.165) is 0 Å². The summed E-state index contributed by atoms with van der Waals surface area (Å²) < 4.78 is 14.5. The lowest BCUT2D eigenvalue weighted by Crippen LogP contribution is -2.22. The second-order valence-electron chi connectivity index (χ2n) is 5.81. The summed E-state index contributed by atoms with van der Waals surface area (Å²) in [6.45, 7) is 3.39. The number of rotatable bonds is 3. The molecule has 0 bridgehead atoms. The summed E-state index contributed by atoms with van der Waals surface area (Å²) in [5.74, 6) is -0.504. The van der Waals surface area contributed by atoms with Gasteiger partial charge >= 0.3 is 0 Å². The lowest BCUT2D eigenvalue weighted by atomic mass is 10.2. The minimum atomic E-state index is -0.757. The maximum absolute atomic E-state index is 12.1. The van der Waals surface area contributed by atoms with E-state index in [1.165, 1.54) is 10.9 Å². The number of anilines is 1. The Morgan fingerprint density at radius 3 is 3.09 bits per heavy atom. The number of ether oxygens (including phenoxy) is 1. The molecular weight excluding hydrogens is 302 g/mol. The van der Waals surface area contributed by atoms with Gasteiger partial charge in [0.1, 0.15) is 6.23 Å². The van der Waals surface area contributed by atoms with Crippen molar-refractivity contribution in [3.05, 3.63) is 16.7 Å². The van der Waals surface area contributed by atoms with Gasteiger partial charge in [-0.1, -0.05) is 13.8 Å². The molecule has 1 aliphatic heterocycles. The average Bonchev–Trinajstić information content (AvgIpc) is 3.10. The lowest BCUT2D eigenvalue weighted by Gasteiger charge is -2.13. The lowest BCUT2D eigenvalue weighted by molar-refractivity contribution is -0.118. The first-order chi connectivity index (χ1) is 11.4. The Morgan fingerprint density at radius 2 is 2.43 bits per heavy atom. The Kier molecular flexibility index (Phi) is 3.58. The molecule has 1 fully saturated rings. The summed E-state index contributed by atoms with van der Waals surface area (Å²) in [5.41, 5.74) is -0.112. The van der Waals surface area contributed by atoms with Crippen LogP contribution in [-0.2, 0) is 9.53 Å². The Morgan fingerprint density at radius 1 is 1.65 bits per heavy atom. The van der Waals surface area contributed by atoms with Gasteiger partial charge in [-0.15, -0.1) is 0 Å². The highest BCUT2D eigenvalue weighted by atomic mass is 16.5. The summed E-state index contributed by atoms with van der Waals surface area (Å²) in [5, 5.41) is 12.4. The Labute approximate surface area is 133 Å². The summed E-state index contributed by atoms with van der Waals surface area (Å²) in [6, 6.07) is 0. The second-order valence-corrected chi connectivity index (χ2v) is 5.81. The fourth-order valence-electron chi connectivity index (χ4n) is 2.34. The predicted molar refractivity (Wildman–Crippen MR) is 81.8 cm³/mol. The van der Waals surface area contributed by atoms with Crippen molar-refractivity contribution in [2.24, 2.45) is 5.92 Å². The number of nitrogens with zero attached hydrogens (tertiary/aromatic N) is 3. The zero-order valence-corrected chi connectivity index (χ0v) is 12.8. The SMILES string of the molecule is [2H]CC1OC(n2cnc3c(=O)[nH]c(NC(=O)C(C)C)nc32)C[C@H]1O. The highest BCUT2D eigenvalue weighted by Crippen LogP contribution is 2.30. The van der Waals surface area contributed by atoms with Gasteiger partial charge in [-0.2, -0.15) is 4.98 Å². The molecule has 0 radical (unpaired) electrons. The van der Waals surface area contributed by atoms with Gasteiger partial charge in [0.15, 0.2) is 11.2 Å². The van der Waals surface area contributed by atoms with Crippen LogP contribution in [0.1, 0.15) is 34.8 Å². The maximum atomic E-state index is 12.1. The van der Waals surface area contributed by atoms with Crippen LogP contribution in [0, 0.1) is 5.92 Å². The zero-order chi connectivity index (χ0) is 17.4. The molecule has 23 heavy (non-hydrogen) atoms. The number of aromatic amines is 1. The molecule has 1 aliphatic rings. The van der Waals surface area contributed by atoms with E-state index < -0.39 is 24.0 Å². The number of carbonyl (C=O) groups is 1. The van der Waals surface area contributed by atoms with Gasteiger partial charge in [0, 0.05) is 13.7 Å². The Balaban J connectivity index is 1.97. The van der Waals surface area contributed by atoms with Crippen LogP contribution in [0.25, 0.3) is 11.2 Å². The van der Waals surface area contributed by atoms with Crippen molar-refractivity contribution in [2.45, 2.75) is 45.6 Å². The monoisotopic (exact) mass is 322 g/mol. The number of hydrogen-bond donors (Lipinski definition) is 3. The van der Waals surface area contributed by atoms with Gasteiger partial charge in [-0.3, -0.25) is 24.5 Å². The van der Waals surface area contributed by atoms with Gasteiger partial charge in [-0.05, 0) is 6.90 Å². The number of amides is 1. The van der Waals surface area contributed by atoms with Gasteiger partial charge in [-0.25, -0.2) is 4.98 Å². The number of hydrogen-bond acceptors (Lipinski definition) is 6. The molecule has 0 saturated carbocycles. The summed E-state index contributed by atoms with van der Waals surface area (Å²) in [6.07, 6.45) is -0.230. The maximum Gasteiger partial charge on any atom is 0.280 e. The van der Waals surface area contributed by atoms with Crippen molar-refractivity contribution in [2.75, 3.05) is 5.32 Å². The average molecular weight is 322 g/mol. The molecular formula is C14H19N5O4. The molecule has 9 nitrogen and oxygen atoms in total. The van der Waals surface area contributed by atoms with Crippen molar-refractivity contribution >= 4 is 23.0 Å². The molecule has 2 unspecified atom stereocenters. The molecule has 3 heterocycles. The summed E-state index contributed by atoms with van der Waals surface area (Å²) >= 11 is 0. The van der Waals surface area contributed by atoms with Gasteiger partial charge in [0.05, 0.1) is 18.5 Å². The molecule has 2 aromatic heterocycles. The first-order valence-electron chi connectivity index (χ1n) is 8.02. The van der Waals surface area contributed by atoms with E-state index in [2.05, 4.69) is 20.3 Å². The number of aromatic nitrogens is 4. The fourth-order valence-corrected chi connectivity index (χ4v) is 2.34. The molecule has 0 aliphatic carbocycles. The third-order valence-electron chi connectivity index (χ3n) is 3.71. The second kappa shape index (κ2) is 5.74. The minimum Gasteiger partial charge on any atom is -0.390 e. The third-order valence-corrected chi connectivity index (χ3v) is 3.71. The van der Waals surface area contributed by atoms with E-state index in [1.807, 2.05) is 0 Å². The number of carbonyl (C=O) groups excluding carboxylic acids is 1. The van der Waals surface area contributed by atoms with Crippen molar-refractivity contribution < 1.29 is 16.0 Å². The molecule has 3 N–H and O–H groups in total. The third kappa shape index (κ3) is 2.84. The largest absolute Gasteiger partial charge is 0.390 e. The van der Waals surface area contributed by atoms with Crippen LogP contribution in [0.4, 0.5) is 5.95 Å². The van der Waals surface area contributed by atoms with Crippen LogP contribution in [0.3, 0.4) is 0 Å². The van der Waals surface area contributed by atoms with E-state index in [1.54, 1.807) is 13.8 Å². The van der Waals surface area contributed by atoms with E-state index in [-0.39, 0.29) is 42.3 Å². The number of fused-ring (bicyclic) bond motifs is 1. The molecule has 124 valence electrons. The van der Waals surface area contributed by atoms with E-state index in [9.17, 15) is 14.7 Å². The van der Waals surface area contributed by atoms with E-state index in [0.29, 0.717) is 0 Å². The molecule has 1 saturated heterocycles. The number of aliphatic hydroxyl groups is 1. The Bertz CT molecular complexity index is 817. The Hall–Kier alpha value is -2.26. The van der Waals surface area contributed by atoms with Crippen LogP contribution < -0.4 is 10.9 Å². The summed E-state index contributed by atoms with van der Waals surface area (Å²) in [7, 11) is 0. The van der Waals surface area contributed by atoms with E-state index in [4.69, 9.17) is 6.11 Å². The molecule has 0 spiro atoms. The van der Waals surface area contributed by atoms with E-state index >= 15 is 0 Å². The highest BCUT2D eigenvalue weighted by Gasteiger charge is 2.33. The molecule has 9 heteroatoms. The zero-order valence-electron chi connectivity index (χ0n) is 13.8. The normalized spacial score (nSPS) is 25.0. The molecule has 0 aromatic carbocycles. The number of nitrogens with one attached hydrogen (secondary N) is 2. The quantitative estimate of drug-likeness (QED) is 0.751. The number of aliphatic hydroxyl groups excluding tert-OH is 1. The van der Waals surface area contributed by atoms with Crippen molar-refractivity contribution in [1.29, 1.82) is 0 Å². The van der Waals surface area contributed by atoms with Crippen molar-refractivity contribution in [1.82, 2.24) is 19.5 Å². The first-order valence-corrected chi connectivity index (χ1v) is 7.31. The number of H-pyrrole nitrogens is 1. The number of imidazole rings is 1. The standard InChI is InChI=1S/C14H19N5O4/c1-6(2)12(21)17-14-16-11-10(13(22)18-14)15-5-19(11)9-4-8(20)7(3)23-9/h5-9,20H,4H2,1-3H3,(H2,16,17,18,21,22)/t7?,8-,9?/m1/s1/i3D. The van der Waals surface area contributed by atoms with Gasteiger partial charge in [0.2, 0.25) is 11.9 Å². The molecule has 3 rings (SSSR count).